The lowest BCUT2D eigenvalue weighted by Crippen LogP contribution is -1.95. The molecule has 19 heavy (non-hydrogen) atoms. The van der Waals surface area contributed by atoms with Crippen LogP contribution in [-0.2, 0) is 0 Å². The van der Waals surface area contributed by atoms with Crippen LogP contribution >= 0.6 is 0 Å². The van der Waals surface area contributed by atoms with Crippen molar-refractivity contribution in [3.05, 3.63) is 60.3 Å². The van der Waals surface area contributed by atoms with Gasteiger partial charge in [0.25, 0.3) is 0 Å². The smallest absolute Gasteiger partial charge is 0.0727 e. The zero-order valence-corrected chi connectivity index (χ0v) is 10.7. The molecule has 3 N–H and O–H groups in total. The van der Waals surface area contributed by atoms with Crippen molar-refractivity contribution in [1.82, 2.24) is 4.98 Å². The van der Waals surface area contributed by atoms with Crippen molar-refractivity contribution in [3.8, 4) is 0 Å². The number of pyridine rings is 1. The fourth-order valence-electron chi connectivity index (χ4n) is 2.16. The molecule has 0 amide bonds. The first-order valence-electron chi connectivity index (χ1n) is 6.21. The van der Waals surface area contributed by atoms with Gasteiger partial charge in [-0.05, 0) is 43.3 Å². The number of fused-ring (bicyclic) bond motifs is 1. The van der Waals surface area contributed by atoms with Gasteiger partial charge in [0, 0.05) is 28.1 Å². The molecule has 3 rings (SSSR count). The van der Waals surface area contributed by atoms with Gasteiger partial charge in [0.15, 0.2) is 0 Å². The van der Waals surface area contributed by atoms with E-state index in [4.69, 9.17) is 5.73 Å². The highest BCUT2D eigenvalue weighted by atomic mass is 14.9. The molecule has 0 atom stereocenters. The molecule has 3 aromatic rings. The maximum atomic E-state index is 5.87. The molecule has 3 nitrogen and oxygen atoms in total. The molecule has 3 heteroatoms. The van der Waals surface area contributed by atoms with Crippen LogP contribution in [0.25, 0.3) is 10.9 Å². The maximum Gasteiger partial charge on any atom is 0.0727 e. The summed E-state index contributed by atoms with van der Waals surface area (Å²) in [7, 11) is 0. The molecule has 0 aliphatic heterocycles. The normalized spacial score (nSPS) is 10.6. The van der Waals surface area contributed by atoms with E-state index < -0.39 is 0 Å². The minimum Gasteiger partial charge on any atom is -0.399 e. The first-order chi connectivity index (χ1) is 9.22. The van der Waals surface area contributed by atoms with Gasteiger partial charge in [0.2, 0.25) is 0 Å². The summed E-state index contributed by atoms with van der Waals surface area (Å²) < 4.78 is 0. The second-order valence-corrected chi connectivity index (χ2v) is 4.58. The molecule has 0 fully saturated rings. The lowest BCUT2D eigenvalue weighted by atomic mass is 10.1. The van der Waals surface area contributed by atoms with Gasteiger partial charge in [0.1, 0.15) is 0 Å². The van der Waals surface area contributed by atoms with Crippen LogP contribution < -0.4 is 11.1 Å². The molecule has 0 aliphatic rings. The summed E-state index contributed by atoms with van der Waals surface area (Å²) in [6.45, 7) is 1.99. The summed E-state index contributed by atoms with van der Waals surface area (Å²) in [6, 6.07) is 17.9. The van der Waals surface area contributed by atoms with Crippen LogP contribution in [0.3, 0.4) is 0 Å². The van der Waals surface area contributed by atoms with Crippen LogP contribution in [0.1, 0.15) is 5.69 Å². The SMILES string of the molecule is Cc1cc(Nc2ccccc2)c2cc(N)ccc2n1. The molecule has 0 spiro atoms. The van der Waals surface area contributed by atoms with Gasteiger partial charge < -0.3 is 11.1 Å². The van der Waals surface area contributed by atoms with Crippen molar-refractivity contribution >= 4 is 28.0 Å². The van der Waals surface area contributed by atoms with Gasteiger partial charge in [-0.1, -0.05) is 18.2 Å². The molecule has 0 saturated carbocycles. The van der Waals surface area contributed by atoms with Gasteiger partial charge >= 0.3 is 0 Å². The Bertz CT molecular complexity index is 721. The van der Waals surface area contributed by atoms with E-state index in [1.54, 1.807) is 0 Å². The number of benzene rings is 2. The molecule has 0 aliphatic carbocycles. The Balaban J connectivity index is 2.14. The summed E-state index contributed by atoms with van der Waals surface area (Å²) >= 11 is 0. The third kappa shape index (κ3) is 2.36. The Labute approximate surface area is 112 Å². The predicted octanol–water partition coefficient (Wildman–Crippen LogP) is 3.87. The number of anilines is 3. The number of nitrogens with one attached hydrogen (secondary N) is 1. The number of rotatable bonds is 2. The molecule has 1 aromatic heterocycles. The highest BCUT2D eigenvalue weighted by Crippen LogP contribution is 2.27. The highest BCUT2D eigenvalue weighted by Gasteiger charge is 2.05. The fourth-order valence-corrected chi connectivity index (χ4v) is 2.16. The van der Waals surface area contributed by atoms with E-state index >= 15 is 0 Å². The van der Waals surface area contributed by atoms with Crippen LogP contribution in [0, 0.1) is 6.92 Å². The number of aromatic nitrogens is 1. The molecule has 0 saturated heterocycles. The maximum absolute atomic E-state index is 5.87. The van der Waals surface area contributed by atoms with E-state index in [1.807, 2.05) is 61.5 Å². The topological polar surface area (TPSA) is 50.9 Å². The van der Waals surface area contributed by atoms with Gasteiger partial charge in [-0.2, -0.15) is 0 Å². The lowest BCUT2D eigenvalue weighted by Gasteiger charge is -2.11. The van der Waals surface area contributed by atoms with Crippen molar-refractivity contribution in [2.75, 3.05) is 11.1 Å². The summed E-state index contributed by atoms with van der Waals surface area (Å²) in [4.78, 5) is 4.52. The Hall–Kier alpha value is -2.55. The Morgan fingerprint density at radius 2 is 1.79 bits per heavy atom. The summed E-state index contributed by atoms with van der Waals surface area (Å²) in [6.07, 6.45) is 0. The van der Waals surface area contributed by atoms with Crippen molar-refractivity contribution in [1.29, 1.82) is 0 Å². The zero-order chi connectivity index (χ0) is 13.2. The average molecular weight is 249 g/mol. The van der Waals surface area contributed by atoms with Gasteiger partial charge in [-0.15, -0.1) is 0 Å². The lowest BCUT2D eigenvalue weighted by molar-refractivity contribution is 1.25. The molecule has 0 radical (unpaired) electrons. The Morgan fingerprint density at radius 3 is 2.58 bits per heavy atom. The number of para-hydroxylation sites is 1. The zero-order valence-electron chi connectivity index (χ0n) is 10.7. The third-order valence-corrected chi connectivity index (χ3v) is 3.01. The minimum absolute atomic E-state index is 0.745. The second-order valence-electron chi connectivity index (χ2n) is 4.58. The number of aryl methyl sites for hydroxylation is 1. The summed E-state index contributed by atoms with van der Waals surface area (Å²) in [5, 5.41) is 4.46. The van der Waals surface area contributed by atoms with Crippen LogP contribution in [0.15, 0.2) is 54.6 Å². The number of hydrogen-bond acceptors (Lipinski definition) is 3. The number of nitrogens with zero attached hydrogens (tertiary/aromatic N) is 1. The van der Waals surface area contributed by atoms with Crippen LogP contribution in [0.2, 0.25) is 0 Å². The largest absolute Gasteiger partial charge is 0.399 e. The minimum atomic E-state index is 0.745. The third-order valence-electron chi connectivity index (χ3n) is 3.01. The molecule has 0 unspecified atom stereocenters. The number of nitrogen functional groups attached to an aromatic ring is 1. The van der Waals surface area contributed by atoms with Gasteiger partial charge in [0.05, 0.1) is 5.52 Å². The molecule has 2 aromatic carbocycles. The van der Waals surface area contributed by atoms with Crippen LogP contribution in [0.4, 0.5) is 17.1 Å². The van der Waals surface area contributed by atoms with Crippen molar-refractivity contribution in [3.63, 3.8) is 0 Å². The average Bonchev–Trinajstić information content (AvgIpc) is 2.41. The predicted molar refractivity (Wildman–Crippen MR) is 80.6 cm³/mol. The molecule has 94 valence electrons. The van der Waals surface area contributed by atoms with E-state index in [-0.39, 0.29) is 0 Å². The number of nitrogens with two attached hydrogens (primary N) is 1. The summed E-state index contributed by atoms with van der Waals surface area (Å²) in [5.74, 6) is 0. The second kappa shape index (κ2) is 4.61. The van der Waals surface area contributed by atoms with E-state index in [0.29, 0.717) is 0 Å². The first-order valence-corrected chi connectivity index (χ1v) is 6.21. The standard InChI is InChI=1S/C16H15N3/c1-11-9-16(19-13-5-3-2-4-6-13)14-10-12(17)7-8-15(14)18-11/h2-10H,17H2,1H3,(H,18,19). The van der Waals surface area contributed by atoms with E-state index in [9.17, 15) is 0 Å². The van der Waals surface area contributed by atoms with Crippen molar-refractivity contribution < 1.29 is 0 Å². The Kier molecular flexibility index (Phi) is 2.80. The Morgan fingerprint density at radius 1 is 1.00 bits per heavy atom. The van der Waals surface area contributed by atoms with Crippen LogP contribution in [0.5, 0.6) is 0 Å². The first kappa shape index (κ1) is 11.5. The van der Waals surface area contributed by atoms with Gasteiger partial charge in [-0.3, -0.25) is 4.98 Å². The quantitative estimate of drug-likeness (QED) is 0.678. The molecular weight excluding hydrogens is 234 g/mol. The van der Waals surface area contributed by atoms with E-state index in [1.165, 1.54) is 0 Å². The summed E-state index contributed by atoms with van der Waals surface area (Å²) in [5.41, 5.74) is 10.6. The van der Waals surface area contributed by atoms with E-state index in [0.717, 1.165) is 33.7 Å². The highest BCUT2D eigenvalue weighted by molar-refractivity contribution is 5.95. The van der Waals surface area contributed by atoms with Crippen molar-refractivity contribution in [2.24, 2.45) is 0 Å². The molecule has 0 bridgehead atoms. The van der Waals surface area contributed by atoms with E-state index in [2.05, 4.69) is 10.3 Å². The van der Waals surface area contributed by atoms with Crippen molar-refractivity contribution in [2.45, 2.75) is 6.92 Å². The van der Waals surface area contributed by atoms with Gasteiger partial charge in [-0.25, -0.2) is 0 Å². The molecule has 1 heterocycles. The monoisotopic (exact) mass is 249 g/mol. The van der Waals surface area contributed by atoms with Crippen LogP contribution in [-0.4, -0.2) is 4.98 Å². The fraction of sp³-hybridized carbons (Fsp3) is 0.0625. The molecular formula is C16H15N3. The number of hydrogen-bond donors (Lipinski definition) is 2.